The van der Waals surface area contributed by atoms with Crippen molar-refractivity contribution in [1.82, 2.24) is 15.2 Å². The Kier molecular flexibility index (Phi) is 3.81. The van der Waals surface area contributed by atoms with Crippen molar-refractivity contribution in [3.8, 4) is 5.88 Å². The second kappa shape index (κ2) is 5.36. The van der Waals surface area contributed by atoms with E-state index >= 15 is 0 Å². The van der Waals surface area contributed by atoms with Gasteiger partial charge in [0.25, 0.3) is 14.4 Å². The third-order valence-electron chi connectivity index (χ3n) is 1.93. The van der Waals surface area contributed by atoms with Crippen LogP contribution in [0.4, 0.5) is 10.8 Å². The zero-order valence-electron chi connectivity index (χ0n) is 9.90. The molecule has 8 nitrogen and oxygen atoms in total. The van der Waals surface area contributed by atoms with Gasteiger partial charge in [-0.15, -0.1) is 10.2 Å². The van der Waals surface area contributed by atoms with Crippen molar-refractivity contribution >= 4 is 32.2 Å². The van der Waals surface area contributed by atoms with Gasteiger partial charge in [0.05, 0.1) is 18.5 Å². The molecule has 0 unspecified atom stereocenters. The molecular weight excluding hydrogens is 290 g/mol. The van der Waals surface area contributed by atoms with Crippen LogP contribution < -0.4 is 15.2 Å². The average molecular weight is 301 g/mol. The van der Waals surface area contributed by atoms with E-state index in [1.807, 2.05) is 6.92 Å². The normalized spacial score (nSPS) is 11.2. The highest BCUT2D eigenvalue weighted by molar-refractivity contribution is 7.94. The summed E-state index contributed by atoms with van der Waals surface area (Å²) >= 11 is 0.785. The van der Waals surface area contributed by atoms with Gasteiger partial charge in [0.15, 0.2) is 0 Å². The standard InChI is InChI=1S/C9H11N5O3S2/c1-2-17-7-4-3-6(5-11-7)14-19(15,16)9-13-12-8(10)18-9/h3-5,14H,2H2,1H3,(H2,10,12). The molecule has 0 atom stereocenters. The lowest BCUT2D eigenvalue weighted by molar-refractivity contribution is 0.327. The average Bonchev–Trinajstić information content (AvgIpc) is 2.79. The van der Waals surface area contributed by atoms with Crippen LogP contribution in [0, 0.1) is 0 Å². The van der Waals surface area contributed by atoms with E-state index in [1.165, 1.54) is 6.20 Å². The van der Waals surface area contributed by atoms with Gasteiger partial charge in [0, 0.05) is 6.07 Å². The molecular formula is C9H11N5O3S2. The minimum absolute atomic E-state index is 0.0881. The molecule has 10 heteroatoms. The summed E-state index contributed by atoms with van der Waals surface area (Å²) in [5, 5.41) is 7.02. The van der Waals surface area contributed by atoms with E-state index in [1.54, 1.807) is 12.1 Å². The second-order valence-corrected chi connectivity index (χ2v) is 6.20. The molecule has 0 aliphatic carbocycles. The molecule has 102 valence electrons. The Morgan fingerprint density at radius 2 is 2.21 bits per heavy atom. The van der Waals surface area contributed by atoms with Gasteiger partial charge in [-0.3, -0.25) is 4.72 Å². The van der Waals surface area contributed by atoms with Gasteiger partial charge in [0.2, 0.25) is 11.0 Å². The summed E-state index contributed by atoms with van der Waals surface area (Å²) in [6.07, 6.45) is 1.35. The van der Waals surface area contributed by atoms with Crippen LogP contribution in [0.25, 0.3) is 0 Å². The summed E-state index contributed by atoms with van der Waals surface area (Å²) in [7, 11) is -3.78. The number of anilines is 2. The highest BCUT2D eigenvalue weighted by Gasteiger charge is 2.19. The molecule has 19 heavy (non-hydrogen) atoms. The Bertz CT molecular complexity index is 653. The Morgan fingerprint density at radius 1 is 1.42 bits per heavy atom. The van der Waals surface area contributed by atoms with E-state index in [0.717, 1.165) is 11.3 Å². The van der Waals surface area contributed by atoms with Crippen molar-refractivity contribution < 1.29 is 13.2 Å². The first-order chi connectivity index (χ1) is 9.01. The molecule has 2 rings (SSSR count). The fourth-order valence-corrected chi connectivity index (χ4v) is 3.03. The van der Waals surface area contributed by atoms with Gasteiger partial charge in [-0.05, 0) is 13.0 Å². The van der Waals surface area contributed by atoms with E-state index in [0.29, 0.717) is 18.2 Å². The maximum absolute atomic E-state index is 11.9. The van der Waals surface area contributed by atoms with Gasteiger partial charge in [-0.1, -0.05) is 11.3 Å². The molecule has 0 saturated carbocycles. The number of pyridine rings is 1. The number of nitrogens with zero attached hydrogens (tertiary/aromatic N) is 3. The first-order valence-corrected chi connectivity index (χ1v) is 7.52. The number of nitrogens with two attached hydrogens (primary N) is 1. The van der Waals surface area contributed by atoms with Crippen LogP contribution in [-0.4, -0.2) is 30.2 Å². The van der Waals surface area contributed by atoms with Gasteiger partial charge < -0.3 is 10.5 Å². The Labute approximate surface area is 113 Å². The summed E-state index contributed by atoms with van der Waals surface area (Å²) in [4.78, 5) is 3.94. The molecule has 0 amide bonds. The fraction of sp³-hybridized carbons (Fsp3) is 0.222. The topological polar surface area (TPSA) is 120 Å². The van der Waals surface area contributed by atoms with Crippen LogP contribution in [-0.2, 0) is 10.0 Å². The lowest BCUT2D eigenvalue weighted by Gasteiger charge is -2.05. The fourth-order valence-electron chi connectivity index (χ4n) is 1.20. The zero-order chi connectivity index (χ0) is 13.9. The van der Waals surface area contributed by atoms with E-state index in [9.17, 15) is 8.42 Å². The number of ether oxygens (including phenoxy) is 1. The van der Waals surface area contributed by atoms with Crippen molar-refractivity contribution in [2.24, 2.45) is 0 Å². The Morgan fingerprint density at radius 3 is 2.74 bits per heavy atom. The number of hydrogen-bond donors (Lipinski definition) is 2. The Hall–Kier alpha value is -1.94. The van der Waals surface area contributed by atoms with E-state index in [-0.39, 0.29) is 9.47 Å². The first-order valence-electron chi connectivity index (χ1n) is 5.22. The van der Waals surface area contributed by atoms with Crippen LogP contribution in [0.2, 0.25) is 0 Å². The molecule has 0 spiro atoms. The predicted molar refractivity (Wildman–Crippen MR) is 70.5 cm³/mol. The zero-order valence-corrected chi connectivity index (χ0v) is 11.5. The number of aromatic nitrogens is 3. The maximum atomic E-state index is 11.9. The predicted octanol–water partition coefficient (Wildman–Crippen LogP) is 0.715. The molecule has 0 aromatic carbocycles. The highest BCUT2D eigenvalue weighted by Crippen LogP contribution is 2.20. The van der Waals surface area contributed by atoms with Crippen molar-refractivity contribution in [3.63, 3.8) is 0 Å². The molecule has 0 radical (unpaired) electrons. The SMILES string of the molecule is CCOc1ccc(NS(=O)(=O)c2nnc(N)s2)cn1. The van der Waals surface area contributed by atoms with Gasteiger partial charge >= 0.3 is 0 Å². The molecule has 0 fully saturated rings. The minimum Gasteiger partial charge on any atom is -0.478 e. The summed E-state index contributed by atoms with van der Waals surface area (Å²) in [5.41, 5.74) is 5.65. The molecule has 2 heterocycles. The maximum Gasteiger partial charge on any atom is 0.291 e. The molecule has 3 N–H and O–H groups in total. The van der Waals surface area contributed by atoms with E-state index < -0.39 is 10.0 Å². The lowest BCUT2D eigenvalue weighted by Crippen LogP contribution is -2.13. The van der Waals surface area contributed by atoms with Crippen LogP contribution in [0.3, 0.4) is 0 Å². The van der Waals surface area contributed by atoms with Gasteiger partial charge in [-0.25, -0.2) is 4.98 Å². The van der Waals surface area contributed by atoms with Crippen molar-refractivity contribution in [3.05, 3.63) is 18.3 Å². The van der Waals surface area contributed by atoms with E-state index in [2.05, 4.69) is 19.9 Å². The molecule has 0 bridgehead atoms. The van der Waals surface area contributed by atoms with Crippen molar-refractivity contribution in [1.29, 1.82) is 0 Å². The van der Waals surface area contributed by atoms with Gasteiger partial charge in [0.1, 0.15) is 0 Å². The number of nitrogen functional groups attached to an aromatic ring is 1. The number of sulfonamides is 1. The summed E-state index contributed by atoms with van der Waals surface area (Å²) in [5.74, 6) is 0.422. The minimum atomic E-state index is -3.78. The molecule has 0 aliphatic rings. The molecule has 2 aromatic rings. The summed E-state index contributed by atoms with van der Waals surface area (Å²) in [6, 6.07) is 3.11. The molecule has 0 aliphatic heterocycles. The first kappa shape index (κ1) is 13.5. The lowest BCUT2D eigenvalue weighted by atomic mass is 10.4. The number of hydrogen-bond acceptors (Lipinski definition) is 8. The largest absolute Gasteiger partial charge is 0.478 e. The third-order valence-corrected chi connectivity index (χ3v) is 4.43. The molecule has 0 saturated heterocycles. The molecule has 2 aromatic heterocycles. The van der Waals surface area contributed by atoms with Crippen LogP contribution >= 0.6 is 11.3 Å². The summed E-state index contributed by atoms with van der Waals surface area (Å²) in [6.45, 7) is 2.32. The second-order valence-electron chi connectivity index (χ2n) is 3.33. The quantitative estimate of drug-likeness (QED) is 0.834. The summed E-state index contributed by atoms with van der Waals surface area (Å²) < 4.78 is 31.1. The third kappa shape index (κ3) is 3.29. The monoisotopic (exact) mass is 301 g/mol. The van der Waals surface area contributed by atoms with Crippen molar-refractivity contribution in [2.75, 3.05) is 17.1 Å². The van der Waals surface area contributed by atoms with Gasteiger partial charge in [-0.2, -0.15) is 8.42 Å². The number of rotatable bonds is 5. The number of nitrogens with one attached hydrogen (secondary N) is 1. The smallest absolute Gasteiger partial charge is 0.291 e. The highest BCUT2D eigenvalue weighted by atomic mass is 32.2. The van der Waals surface area contributed by atoms with E-state index in [4.69, 9.17) is 10.5 Å². The van der Waals surface area contributed by atoms with Crippen molar-refractivity contribution in [2.45, 2.75) is 11.3 Å². The van der Waals surface area contributed by atoms with Crippen LogP contribution in [0.1, 0.15) is 6.92 Å². The van der Waals surface area contributed by atoms with Crippen LogP contribution in [0.15, 0.2) is 22.7 Å². The van der Waals surface area contributed by atoms with Crippen LogP contribution in [0.5, 0.6) is 5.88 Å². The Balaban J connectivity index is 2.16.